The molecule has 0 amide bonds. The molecule has 1 N–H and O–H groups in total. The Bertz CT molecular complexity index is 1120. The van der Waals surface area contributed by atoms with Crippen molar-refractivity contribution < 1.29 is 9.84 Å². The fraction of sp³-hybridized carbons (Fsp3) is 0.130. The lowest BCUT2D eigenvalue weighted by Gasteiger charge is -2.12. The van der Waals surface area contributed by atoms with Crippen LogP contribution in [0.1, 0.15) is 11.4 Å². The van der Waals surface area contributed by atoms with Crippen molar-refractivity contribution in [1.82, 2.24) is 14.8 Å². The SMILES string of the molecule is C=C(O)CSc1nnc(COc2cccc3ccccc23)n1Cc1ccccc1. The highest BCUT2D eigenvalue weighted by Gasteiger charge is 2.15. The van der Waals surface area contributed by atoms with E-state index in [0.29, 0.717) is 18.9 Å². The van der Waals surface area contributed by atoms with Gasteiger partial charge in [-0.1, -0.05) is 85.1 Å². The number of thioether (sulfide) groups is 1. The number of aliphatic hydroxyl groups is 1. The molecule has 0 saturated heterocycles. The van der Waals surface area contributed by atoms with Gasteiger partial charge in [0.25, 0.3) is 0 Å². The molecule has 0 spiro atoms. The minimum Gasteiger partial charge on any atom is -0.512 e. The van der Waals surface area contributed by atoms with Gasteiger partial charge < -0.3 is 9.84 Å². The van der Waals surface area contributed by atoms with Gasteiger partial charge in [0, 0.05) is 5.39 Å². The van der Waals surface area contributed by atoms with Crippen molar-refractivity contribution >= 4 is 22.5 Å². The Kier molecular flexibility index (Phi) is 5.81. The third-order valence-electron chi connectivity index (χ3n) is 4.45. The predicted molar refractivity (Wildman–Crippen MR) is 116 cm³/mol. The Labute approximate surface area is 173 Å². The highest BCUT2D eigenvalue weighted by atomic mass is 32.2. The molecule has 3 aromatic carbocycles. The average Bonchev–Trinajstić information content (AvgIpc) is 3.13. The van der Waals surface area contributed by atoms with Gasteiger partial charge in [-0.2, -0.15) is 0 Å². The van der Waals surface area contributed by atoms with Gasteiger partial charge in [-0.05, 0) is 17.0 Å². The van der Waals surface area contributed by atoms with E-state index in [4.69, 9.17) is 4.74 Å². The smallest absolute Gasteiger partial charge is 0.192 e. The number of aromatic nitrogens is 3. The van der Waals surface area contributed by atoms with Crippen LogP contribution in [0.25, 0.3) is 10.8 Å². The van der Waals surface area contributed by atoms with Gasteiger partial charge in [0.05, 0.1) is 18.1 Å². The van der Waals surface area contributed by atoms with Crippen LogP contribution in [0.5, 0.6) is 5.75 Å². The van der Waals surface area contributed by atoms with Crippen LogP contribution in [-0.2, 0) is 13.2 Å². The van der Waals surface area contributed by atoms with Crippen LogP contribution in [0.2, 0.25) is 0 Å². The molecule has 5 nitrogen and oxygen atoms in total. The van der Waals surface area contributed by atoms with Crippen LogP contribution < -0.4 is 4.74 Å². The van der Waals surface area contributed by atoms with Crippen molar-refractivity contribution in [3.05, 3.63) is 96.5 Å². The molecule has 4 rings (SSSR count). The Hall–Kier alpha value is -3.25. The molecule has 0 unspecified atom stereocenters. The molecule has 29 heavy (non-hydrogen) atoms. The van der Waals surface area contributed by atoms with Crippen molar-refractivity contribution in [3.63, 3.8) is 0 Å². The average molecular weight is 404 g/mol. The number of nitrogens with zero attached hydrogens (tertiary/aromatic N) is 3. The van der Waals surface area contributed by atoms with Crippen LogP contribution in [0.3, 0.4) is 0 Å². The second kappa shape index (κ2) is 8.84. The summed E-state index contributed by atoms with van der Waals surface area (Å²) in [6, 6.07) is 24.3. The molecule has 0 aliphatic carbocycles. The summed E-state index contributed by atoms with van der Waals surface area (Å²) in [4.78, 5) is 0. The lowest BCUT2D eigenvalue weighted by Crippen LogP contribution is -2.10. The summed E-state index contributed by atoms with van der Waals surface area (Å²) in [5.41, 5.74) is 1.14. The summed E-state index contributed by atoms with van der Waals surface area (Å²) in [5.74, 6) is 2.03. The summed E-state index contributed by atoms with van der Waals surface area (Å²) in [6.45, 7) is 4.48. The monoisotopic (exact) mass is 403 g/mol. The molecule has 1 heterocycles. The minimum atomic E-state index is 0.109. The van der Waals surface area contributed by atoms with Gasteiger partial charge >= 0.3 is 0 Å². The van der Waals surface area contributed by atoms with Gasteiger partial charge in [0.2, 0.25) is 0 Å². The van der Waals surface area contributed by atoms with E-state index < -0.39 is 0 Å². The Balaban J connectivity index is 1.59. The number of benzene rings is 3. The van der Waals surface area contributed by atoms with E-state index in [1.807, 2.05) is 53.1 Å². The van der Waals surface area contributed by atoms with E-state index in [0.717, 1.165) is 33.1 Å². The van der Waals surface area contributed by atoms with Gasteiger partial charge in [-0.3, -0.25) is 4.57 Å². The first-order valence-electron chi connectivity index (χ1n) is 9.27. The maximum absolute atomic E-state index is 9.46. The topological polar surface area (TPSA) is 60.2 Å². The maximum atomic E-state index is 9.46. The van der Waals surface area contributed by atoms with Crippen LogP contribution in [0.15, 0.2) is 90.3 Å². The number of rotatable bonds is 8. The third-order valence-corrected chi connectivity index (χ3v) is 5.49. The Morgan fingerprint density at radius 1 is 0.966 bits per heavy atom. The highest BCUT2D eigenvalue weighted by molar-refractivity contribution is 7.99. The molecule has 6 heteroatoms. The van der Waals surface area contributed by atoms with E-state index >= 15 is 0 Å². The van der Waals surface area contributed by atoms with E-state index in [2.05, 4.69) is 41.0 Å². The summed E-state index contributed by atoms with van der Waals surface area (Å²) in [5, 5.41) is 21.0. The lowest BCUT2D eigenvalue weighted by atomic mass is 10.1. The van der Waals surface area contributed by atoms with Crippen molar-refractivity contribution in [1.29, 1.82) is 0 Å². The summed E-state index contributed by atoms with van der Waals surface area (Å²) < 4.78 is 8.14. The molecule has 4 aromatic rings. The molecule has 146 valence electrons. The molecule has 0 aliphatic heterocycles. The molecule has 0 saturated carbocycles. The van der Waals surface area contributed by atoms with Gasteiger partial charge in [0.1, 0.15) is 12.4 Å². The van der Waals surface area contributed by atoms with E-state index in [9.17, 15) is 5.11 Å². The zero-order chi connectivity index (χ0) is 20.1. The number of ether oxygens (including phenoxy) is 1. The van der Waals surface area contributed by atoms with Gasteiger partial charge in [-0.15, -0.1) is 10.2 Å². The number of hydrogen-bond donors (Lipinski definition) is 1. The zero-order valence-corrected chi connectivity index (χ0v) is 16.7. The van der Waals surface area contributed by atoms with Crippen LogP contribution >= 0.6 is 11.8 Å². The molecule has 0 fully saturated rings. The van der Waals surface area contributed by atoms with Gasteiger partial charge in [0.15, 0.2) is 11.0 Å². The first-order chi connectivity index (χ1) is 14.2. The fourth-order valence-electron chi connectivity index (χ4n) is 3.07. The van der Waals surface area contributed by atoms with Crippen molar-refractivity contribution in [2.45, 2.75) is 18.3 Å². The second-order valence-electron chi connectivity index (χ2n) is 6.59. The van der Waals surface area contributed by atoms with Crippen LogP contribution in [-0.4, -0.2) is 25.6 Å². The summed E-state index contributed by atoms with van der Waals surface area (Å²) in [6.07, 6.45) is 0. The largest absolute Gasteiger partial charge is 0.512 e. The van der Waals surface area contributed by atoms with Crippen LogP contribution in [0.4, 0.5) is 0 Å². The van der Waals surface area contributed by atoms with Crippen molar-refractivity contribution in [2.75, 3.05) is 5.75 Å². The Morgan fingerprint density at radius 3 is 2.55 bits per heavy atom. The van der Waals surface area contributed by atoms with E-state index in [-0.39, 0.29) is 5.76 Å². The third kappa shape index (κ3) is 4.60. The molecule has 0 atom stereocenters. The molecular formula is C23H21N3O2S. The maximum Gasteiger partial charge on any atom is 0.192 e. The number of fused-ring (bicyclic) bond motifs is 1. The minimum absolute atomic E-state index is 0.109. The molecule has 0 radical (unpaired) electrons. The number of hydrogen-bond acceptors (Lipinski definition) is 5. The summed E-state index contributed by atoms with van der Waals surface area (Å²) >= 11 is 1.40. The van der Waals surface area contributed by atoms with E-state index in [1.165, 1.54) is 11.8 Å². The number of aliphatic hydroxyl groups excluding tert-OH is 1. The normalized spacial score (nSPS) is 10.9. The quantitative estimate of drug-likeness (QED) is 0.323. The fourth-order valence-corrected chi connectivity index (χ4v) is 3.79. The lowest BCUT2D eigenvalue weighted by molar-refractivity contribution is 0.292. The predicted octanol–water partition coefficient (Wildman–Crippen LogP) is 5.22. The highest BCUT2D eigenvalue weighted by Crippen LogP contribution is 2.26. The van der Waals surface area contributed by atoms with Gasteiger partial charge in [-0.25, -0.2) is 0 Å². The summed E-state index contributed by atoms with van der Waals surface area (Å²) in [7, 11) is 0. The first-order valence-corrected chi connectivity index (χ1v) is 10.3. The van der Waals surface area contributed by atoms with Crippen molar-refractivity contribution in [3.8, 4) is 5.75 Å². The molecule has 1 aromatic heterocycles. The molecule has 0 aliphatic rings. The van der Waals surface area contributed by atoms with E-state index in [1.54, 1.807) is 0 Å². The Morgan fingerprint density at radius 2 is 1.72 bits per heavy atom. The first kappa shape index (κ1) is 19.1. The van der Waals surface area contributed by atoms with Crippen molar-refractivity contribution in [2.24, 2.45) is 0 Å². The zero-order valence-electron chi connectivity index (χ0n) is 15.9. The standard InChI is InChI=1S/C23H21N3O2S/c1-17(27)16-29-23-25-24-22(26(23)14-18-8-3-2-4-9-18)15-28-21-13-7-11-19-10-5-6-12-20(19)21/h2-13,27H,1,14-16H2. The van der Waals surface area contributed by atoms with Crippen LogP contribution in [0, 0.1) is 0 Å². The molecule has 0 bridgehead atoms. The second-order valence-corrected chi connectivity index (χ2v) is 7.53. The molecular weight excluding hydrogens is 382 g/mol.